The molecule has 0 saturated heterocycles. The van der Waals surface area contributed by atoms with Crippen molar-refractivity contribution in [1.29, 1.82) is 0 Å². The molecule has 0 saturated carbocycles. The van der Waals surface area contributed by atoms with Crippen molar-refractivity contribution in [1.82, 2.24) is 15.3 Å². The molecule has 1 aromatic heterocycles. The zero-order chi connectivity index (χ0) is 16.7. The number of rotatable bonds is 7. The maximum absolute atomic E-state index is 13.1. The number of nitrogens with zero attached hydrogens (tertiary/aromatic N) is 2. The molecule has 0 atom stereocenters. The van der Waals surface area contributed by atoms with Gasteiger partial charge in [-0.15, -0.1) is 0 Å². The van der Waals surface area contributed by atoms with Gasteiger partial charge in [-0.2, -0.15) is 4.98 Å². The van der Waals surface area contributed by atoms with Gasteiger partial charge in [0.1, 0.15) is 11.6 Å². The van der Waals surface area contributed by atoms with E-state index in [4.69, 9.17) is 0 Å². The van der Waals surface area contributed by atoms with Crippen molar-refractivity contribution >= 4 is 17.7 Å². The topological polar surface area (TPSA) is 78.9 Å². The third-order valence-electron chi connectivity index (χ3n) is 2.99. The van der Waals surface area contributed by atoms with Gasteiger partial charge in [0.15, 0.2) is 0 Å². The molecule has 122 valence electrons. The third kappa shape index (κ3) is 5.21. The van der Waals surface area contributed by atoms with E-state index in [1.165, 1.54) is 18.2 Å². The zero-order valence-corrected chi connectivity index (χ0v) is 13.2. The van der Waals surface area contributed by atoms with Gasteiger partial charge in [0.2, 0.25) is 5.95 Å². The lowest BCUT2D eigenvalue weighted by Gasteiger charge is -2.09. The van der Waals surface area contributed by atoms with Crippen LogP contribution >= 0.6 is 0 Å². The quantitative estimate of drug-likeness (QED) is 0.682. The lowest BCUT2D eigenvalue weighted by Crippen LogP contribution is -2.29. The summed E-state index contributed by atoms with van der Waals surface area (Å²) in [6.07, 6.45) is 0. The monoisotopic (exact) mass is 317 g/mol. The van der Waals surface area contributed by atoms with Gasteiger partial charge in [-0.25, -0.2) is 9.37 Å². The number of aromatic nitrogens is 2. The van der Waals surface area contributed by atoms with E-state index < -0.39 is 5.82 Å². The van der Waals surface area contributed by atoms with E-state index >= 15 is 0 Å². The van der Waals surface area contributed by atoms with E-state index in [1.54, 1.807) is 6.07 Å². The minimum Gasteiger partial charge on any atom is -0.370 e. The van der Waals surface area contributed by atoms with Crippen LogP contribution in [0.25, 0.3) is 0 Å². The van der Waals surface area contributed by atoms with Crippen molar-refractivity contribution in [3.05, 3.63) is 47.4 Å². The number of carbonyl (C=O) groups is 1. The molecule has 0 radical (unpaired) electrons. The highest BCUT2D eigenvalue weighted by Gasteiger charge is 2.06. The number of benzene rings is 1. The Balaban J connectivity index is 1.82. The first-order valence-electron chi connectivity index (χ1n) is 7.45. The highest BCUT2D eigenvalue weighted by Crippen LogP contribution is 2.08. The van der Waals surface area contributed by atoms with Gasteiger partial charge in [0.05, 0.1) is 0 Å². The molecular formula is C16H20FN5O. The van der Waals surface area contributed by atoms with Crippen LogP contribution in [0.1, 0.15) is 23.0 Å². The zero-order valence-electron chi connectivity index (χ0n) is 13.2. The van der Waals surface area contributed by atoms with Crippen LogP contribution < -0.4 is 16.0 Å². The van der Waals surface area contributed by atoms with Gasteiger partial charge in [-0.05, 0) is 32.0 Å². The molecule has 1 amide bonds. The molecule has 0 fully saturated rings. The number of hydrogen-bond acceptors (Lipinski definition) is 5. The summed E-state index contributed by atoms with van der Waals surface area (Å²) < 4.78 is 13.1. The van der Waals surface area contributed by atoms with E-state index in [2.05, 4.69) is 25.9 Å². The van der Waals surface area contributed by atoms with Gasteiger partial charge in [0.25, 0.3) is 5.91 Å². The summed E-state index contributed by atoms with van der Waals surface area (Å²) in [5.74, 6) is 0.511. The van der Waals surface area contributed by atoms with Crippen LogP contribution in [0.5, 0.6) is 0 Å². The molecular weight excluding hydrogens is 297 g/mol. The van der Waals surface area contributed by atoms with Crippen molar-refractivity contribution < 1.29 is 9.18 Å². The third-order valence-corrected chi connectivity index (χ3v) is 2.99. The van der Waals surface area contributed by atoms with Gasteiger partial charge in [-0.3, -0.25) is 4.79 Å². The summed E-state index contributed by atoms with van der Waals surface area (Å²) in [5, 5.41) is 8.89. The van der Waals surface area contributed by atoms with Crippen molar-refractivity contribution in [2.75, 3.05) is 30.3 Å². The first-order chi connectivity index (χ1) is 11.1. The largest absolute Gasteiger partial charge is 0.370 e. The van der Waals surface area contributed by atoms with Crippen molar-refractivity contribution in [2.45, 2.75) is 13.8 Å². The number of carbonyl (C=O) groups excluding carboxylic acids is 1. The number of amides is 1. The van der Waals surface area contributed by atoms with E-state index in [-0.39, 0.29) is 5.91 Å². The summed E-state index contributed by atoms with van der Waals surface area (Å²) in [6, 6.07) is 7.44. The minimum atomic E-state index is -0.431. The van der Waals surface area contributed by atoms with Crippen molar-refractivity contribution in [2.24, 2.45) is 0 Å². The lowest BCUT2D eigenvalue weighted by atomic mass is 10.2. The maximum Gasteiger partial charge on any atom is 0.251 e. The van der Waals surface area contributed by atoms with E-state index in [9.17, 15) is 9.18 Å². The summed E-state index contributed by atoms with van der Waals surface area (Å²) in [6.45, 7) is 5.50. The fourth-order valence-corrected chi connectivity index (χ4v) is 2.00. The smallest absolute Gasteiger partial charge is 0.251 e. The number of aryl methyl sites for hydroxylation is 1. The van der Waals surface area contributed by atoms with Crippen LogP contribution in [0.3, 0.4) is 0 Å². The average Bonchev–Trinajstić information content (AvgIpc) is 2.51. The molecule has 0 spiro atoms. The Morgan fingerprint density at radius 2 is 2.00 bits per heavy atom. The van der Waals surface area contributed by atoms with Crippen LogP contribution in [0.4, 0.5) is 16.2 Å². The van der Waals surface area contributed by atoms with Gasteiger partial charge in [0, 0.05) is 37.0 Å². The van der Waals surface area contributed by atoms with Crippen LogP contribution in [-0.4, -0.2) is 35.5 Å². The standard InChI is InChI=1S/C16H20FN5O/c1-3-18-14-9-11(2)21-16(22-14)20-8-7-19-15(23)12-5-4-6-13(17)10-12/h4-6,9-10H,3,7-8H2,1-2H3,(H,19,23)(H2,18,20,21,22). The Kier molecular flexibility index (Phi) is 5.85. The van der Waals surface area contributed by atoms with Crippen molar-refractivity contribution in [3.8, 4) is 0 Å². The highest BCUT2D eigenvalue weighted by atomic mass is 19.1. The van der Waals surface area contributed by atoms with Crippen LogP contribution in [0, 0.1) is 12.7 Å². The molecule has 0 aliphatic heterocycles. The van der Waals surface area contributed by atoms with Gasteiger partial charge >= 0.3 is 0 Å². The Bertz CT molecular complexity index is 677. The van der Waals surface area contributed by atoms with E-state index in [1.807, 2.05) is 19.9 Å². The number of nitrogens with one attached hydrogen (secondary N) is 3. The average molecular weight is 317 g/mol. The molecule has 0 bridgehead atoms. The lowest BCUT2D eigenvalue weighted by molar-refractivity contribution is 0.0954. The number of halogens is 1. The molecule has 6 nitrogen and oxygen atoms in total. The Labute approximate surface area is 134 Å². The highest BCUT2D eigenvalue weighted by molar-refractivity contribution is 5.94. The van der Waals surface area contributed by atoms with E-state index in [0.29, 0.717) is 24.6 Å². The second kappa shape index (κ2) is 8.07. The first kappa shape index (κ1) is 16.7. The Morgan fingerprint density at radius 1 is 1.17 bits per heavy atom. The molecule has 23 heavy (non-hydrogen) atoms. The predicted molar refractivity (Wildman–Crippen MR) is 88.2 cm³/mol. The Morgan fingerprint density at radius 3 is 2.74 bits per heavy atom. The van der Waals surface area contributed by atoms with E-state index in [0.717, 1.165) is 18.1 Å². The number of anilines is 2. The fourth-order valence-electron chi connectivity index (χ4n) is 2.00. The molecule has 1 heterocycles. The van der Waals surface area contributed by atoms with Crippen LogP contribution in [0.2, 0.25) is 0 Å². The van der Waals surface area contributed by atoms with Crippen LogP contribution in [-0.2, 0) is 0 Å². The normalized spacial score (nSPS) is 10.2. The first-order valence-corrected chi connectivity index (χ1v) is 7.45. The SMILES string of the molecule is CCNc1cc(C)nc(NCCNC(=O)c2cccc(F)c2)n1. The second-order valence-corrected chi connectivity index (χ2v) is 4.94. The Hall–Kier alpha value is -2.70. The van der Waals surface area contributed by atoms with Gasteiger partial charge in [-0.1, -0.05) is 6.07 Å². The molecule has 3 N–H and O–H groups in total. The molecule has 2 aromatic rings. The molecule has 0 aliphatic rings. The molecule has 0 unspecified atom stereocenters. The molecule has 0 aliphatic carbocycles. The predicted octanol–water partition coefficient (Wildman–Crippen LogP) is 2.20. The minimum absolute atomic E-state index is 0.297. The summed E-state index contributed by atoms with van der Waals surface area (Å²) in [5.41, 5.74) is 1.15. The summed E-state index contributed by atoms with van der Waals surface area (Å²) in [7, 11) is 0. The number of hydrogen-bond donors (Lipinski definition) is 3. The van der Waals surface area contributed by atoms with Crippen LogP contribution in [0.15, 0.2) is 30.3 Å². The molecule has 7 heteroatoms. The maximum atomic E-state index is 13.1. The van der Waals surface area contributed by atoms with Crippen molar-refractivity contribution in [3.63, 3.8) is 0 Å². The molecule has 1 aromatic carbocycles. The summed E-state index contributed by atoms with van der Waals surface area (Å²) in [4.78, 5) is 20.4. The molecule has 2 rings (SSSR count). The second-order valence-electron chi connectivity index (χ2n) is 4.94. The summed E-state index contributed by atoms with van der Waals surface area (Å²) >= 11 is 0. The fraction of sp³-hybridized carbons (Fsp3) is 0.312. The van der Waals surface area contributed by atoms with Gasteiger partial charge < -0.3 is 16.0 Å².